The molecule has 0 saturated heterocycles. The Labute approximate surface area is 218 Å². The van der Waals surface area contributed by atoms with Gasteiger partial charge in [0, 0.05) is 30.5 Å². The first kappa shape index (κ1) is 25.2. The Kier molecular flexibility index (Phi) is 6.92. The van der Waals surface area contributed by atoms with Crippen LogP contribution in [0.3, 0.4) is 0 Å². The van der Waals surface area contributed by atoms with E-state index >= 15 is 0 Å². The Morgan fingerprint density at radius 2 is 1.62 bits per heavy atom. The molecule has 2 saturated carbocycles. The Hall–Kier alpha value is -3.42. The van der Waals surface area contributed by atoms with E-state index in [-0.39, 0.29) is 23.8 Å². The number of anilines is 1. The number of imidazole rings is 1. The van der Waals surface area contributed by atoms with Gasteiger partial charge in [0.1, 0.15) is 11.7 Å². The SMILES string of the molecule is CC(C)c1ncn(C)c1-c1ccc(NC(=O)[C@@H](NC(=O)c2ccnn2C(C)C)C(C2CC2)C2CC2)cc1. The van der Waals surface area contributed by atoms with Crippen molar-refractivity contribution in [3.8, 4) is 11.3 Å². The summed E-state index contributed by atoms with van der Waals surface area (Å²) in [6.45, 7) is 8.26. The van der Waals surface area contributed by atoms with E-state index in [1.165, 1.54) is 0 Å². The van der Waals surface area contributed by atoms with E-state index in [0.29, 0.717) is 23.4 Å². The van der Waals surface area contributed by atoms with Gasteiger partial charge >= 0.3 is 0 Å². The van der Waals surface area contributed by atoms with Crippen LogP contribution in [0.5, 0.6) is 0 Å². The fourth-order valence-electron chi connectivity index (χ4n) is 5.50. The fourth-order valence-corrected chi connectivity index (χ4v) is 5.50. The molecule has 37 heavy (non-hydrogen) atoms. The van der Waals surface area contributed by atoms with Gasteiger partial charge in [-0.05, 0) is 81.4 Å². The molecule has 8 heteroatoms. The minimum atomic E-state index is -0.577. The van der Waals surface area contributed by atoms with Gasteiger partial charge in [-0.15, -0.1) is 0 Å². The number of carbonyl (C=O) groups is 2. The quantitative estimate of drug-likeness (QED) is 0.400. The summed E-state index contributed by atoms with van der Waals surface area (Å²) in [5.74, 6) is 1.09. The predicted molar refractivity (Wildman–Crippen MR) is 144 cm³/mol. The zero-order valence-corrected chi connectivity index (χ0v) is 22.4. The summed E-state index contributed by atoms with van der Waals surface area (Å²) in [5, 5.41) is 10.5. The lowest BCUT2D eigenvalue weighted by Gasteiger charge is -2.28. The molecule has 8 nitrogen and oxygen atoms in total. The molecule has 1 aromatic carbocycles. The summed E-state index contributed by atoms with van der Waals surface area (Å²) in [6, 6.07) is 9.10. The van der Waals surface area contributed by atoms with E-state index in [9.17, 15) is 9.59 Å². The molecule has 2 N–H and O–H groups in total. The topological polar surface area (TPSA) is 93.8 Å². The molecule has 2 heterocycles. The summed E-state index contributed by atoms with van der Waals surface area (Å²) in [4.78, 5) is 31.6. The van der Waals surface area contributed by atoms with Gasteiger partial charge in [0.05, 0.1) is 17.7 Å². The van der Waals surface area contributed by atoms with Gasteiger partial charge in [-0.2, -0.15) is 5.10 Å². The zero-order chi connectivity index (χ0) is 26.3. The summed E-state index contributed by atoms with van der Waals surface area (Å²) < 4.78 is 3.74. The van der Waals surface area contributed by atoms with Crippen molar-refractivity contribution < 1.29 is 9.59 Å². The number of benzene rings is 1. The number of aryl methyl sites for hydroxylation is 1. The molecule has 0 unspecified atom stereocenters. The van der Waals surface area contributed by atoms with Gasteiger partial charge in [-0.25, -0.2) is 4.98 Å². The Morgan fingerprint density at radius 1 is 0.973 bits per heavy atom. The normalized spacial score (nSPS) is 16.4. The average Bonchev–Trinajstić information content (AvgIpc) is 3.79. The number of nitrogens with one attached hydrogen (secondary N) is 2. The Morgan fingerprint density at radius 3 is 2.19 bits per heavy atom. The largest absolute Gasteiger partial charge is 0.339 e. The maximum Gasteiger partial charge on any atom is 0.270 e. The van der Waals surface area contributed by atoms with Crippen molar-refractivity contribution in [1.82, 2.24) is 24.6 Å². The van der Waals surface area contributed by atoms with Crippen LogP contribution in [0.2, 0.25) is 0 Å². The molecule has 2 aliphatic rings. The smallest absolute Gasteiger partial charge is 0.270 e. The minimum Gasteiger partial charge on any atom is -0.339 e. The molecule has 2 fully saturated rings. The van der Waals surface area contributed by atoms with Crippen LogP contribution in [0.15, 0.2) is 42.9 Å². The third-order valence-electron chi connectivity index (χ3n) is 7.62. The van der Waals surface area contributed by atoms with Crippen LogP contribution in [-0.4, -0.2) is 37.2 Å². The molecule has 5 rings (SSSR count). The number of aromatic nitrogens is 4. The standard InChI is InChI=1S/C29H38N6O2/c1-17(2)25-27(34(5)16-30-25)21-10-12-22(13-11-21)32-29(37)26(24(19-6-7-19)20-8-9-20)33-28(36)23-14-15-31-35(23)18(3)4/h10-20,24,26H,6-9H2,1-5H3,(H,32,37)(H,33,36)/t26-/m0/s1. The second-order valence-corrected chi connectivity index (χ2v) is 11.3. The lowest BCUT2D eigenvalue weighted by atomic mass is 9.88. The van der Waals surface area contributed by atoms with Gasteiger partial charge in [-0.3, -0.25) is 14.3 Å². The molecule has 196 valence electrons. The van der Waals surface area contributed by atoms with E-state index in [0.717, 1.165) is 48.3 Å². The highest BCUT2D eigenvalue weighted by Crippen LogP contribution is 2.51. The summed E-state index contributed by atoms with van der Waals surface area (Å²) in [7, 11) is 2.00. The number of nitrogens with zero attached hydrogens (tertiary/aromatic N) is 4. The molecular weight excluding hydrogens is 464 g/mol. The van der Waals surface area contributed by atoms with E-state index in [1.807, 2.05) is 56.1 Å². The average molecular weight is 503 g/mol. The number of hydrogen-bond acceptors (Lipinski definition) is 4. The monoisotopic (exact) mass is 502 g/mol. The van der Waals surface area contributed by atoms with Gasteiger partial charge in [0.25, 0.3) is 5.91 Å². The van der Waals surface area contributed by atoms with Crippen molar-refractivity contribution in [2.24, 2.45) is 24.8 Å². The first-order valence-electron chi connectivity index (χ1n) is 13.5. The molecule has 0 bridgehead atoms. The number of rotatable bonds is 10. The van der Waals surface area contributed by atoms with Crippen LogP contribution in [0, 0.1) is 17.8 Å². The molecule has 0 aliphatic heterocycles. The molecule has 2 aromatic heterocycles. The summed E-state index contributed by atoms with van der Waals surface area (Å²) >= 11 is 0. The lowest BCUT2D eigenvalue weighted by Crippen LogP contribution is -2.50. The number of carbonyl (C=O) groups excluding carboxylic acids is 2. The molecule has 0 spiro atoms. The summed E-state index contributed by atoms with van der Waals surface area (Å²) in [5.41, 5.74) is 4.41. The van der Waals surface area contributed by atoms with Crippen molar-refractivity contribution in [3.63, 3.8) is 0 Å². The Balaban J connectivity index is 1.36. The van der Waals surface area contributed by atoms with Gasteiger partial charge in [-0.1, -0.05) is 26.0 Å². The first-order chi connectivity index (χ1) is 17.7. The molecule has 3 aromatic rings. The maximum atomic E-state index is 13.7. The number of amides is 2. The van der Waals surface area contributed by atoms with Crippen LogP contribution in [-0.2, 0) is 11.8 Å². The molecular formula is C29H38N6O2. The van der Waals surface area contributed by atoms with Gasteiger partial charge in [0.2, 0.25) is 5.91 Å². The Bertz CT molecular complexity index is 1250. The highest BCUT2D eigenvalue weighted by atomic mass is 16.2. The first-order valence-corrected chi connectivity index (χ1v) is 13.5. The second kappa shape index (κ2) is 10.1. The van der Waals surface area contributed by atoms with Crippen molar-refractivity contribution >= 4 is 17.5 Å². The third kappa shape index (κ3) is 5.33. The summed E-state index contributed by atoms with van der Waals surface area (Å²) in [6.07, 6.45) is 7.99. The zero-order valence-electron chi connectivity index (χ0n) is 22.4. The molecule has 1 atom stereocenters. The second-order valence-electron chi connectivity index (χ2n) is 11.3. The van der Waals surface area contributed by atoms with E-state index in [4.69, 9.17) is 0 Å². The fraction of sp³-hybridized carbons (Fsp3) is 0.517. The highest BCUT2D eigenvalue weighted by Gasteiger charge is 2.48. The van der Waals surface area contributed by atoms with Crippen LogP contribution in [0.1, 0.15) is 81.5 Å². The van der Waals surface area contributed by atoms with Gasteiger partial charge < -0.3 is 15.2 Å². The van der Waals surface area contributed by atoms with Crippen molar-refractivity contribution in [2.75, 3.05) is 5.32 Å². The van der Waals surface area contributed by atoms with Crippen LogP contribution < -0.4 is 10.6 Å². The van der Waals surface area contributed by atoms with Crippen molar-refractivity contribution in [2.45, 2.75) is 71.4 Å². The van der Waals surface area contributed by atoms with Gasteiger partial charge in [0.15, 0.2) is 0 Å². The lowest BCUT2D eigenvalue weighted by molar-refractivity contribution is -0.119. The minimum absolute atomic E-state index is 0.0554. The van der Waals surface area contributed by atoms with E-state index in [2.05, 4.69) is 34.6 Å². The predicted octanol–water partition coefficient (Wildman–Crippen LogP) is 5.16. The highest BCUT2D eigenvalue weighted by molar-refractivity contribution is 6.01. The molecule has 0 radical (unpaired) electrons. The van der Waals surface area contributed by atoms with Crippen molar-refractivity contribution in [3.05, 3.63) is 54.2 Å². The van der Waals surface area contributed by atoms with Crippen LogP contribution in [0.4, 0.5) is 5.69 Å². The van der Waals surface area contributed by atoms with E-state index < -0.39 is 6.04 Å². The molecule has 2 amide bonds. The maximum absolute atomic E-state index is 13.7. The van der Waals surface area contributed by atoms with E-state index in [1.54, 1.807) is 16.9 Å². The number of hydrogen-bond donors (Lipinski definition) is 2. The molecule has 2 aliphatic carbocycles. The van der Waals surface area contributed by atoms with Crippen molar-refractivity contribution in [1.29, 1.82) is 0 Å². The van der Waals surface area contributed by atoms with Crippen LogP contribution >= 0.6 is 0 Å². The third-order valence-corrected chi connectivity index (χ3v) is 7.62. The van der Waals surface area contributed by atoms with Crippen LogP contribution in [0.25, 0.3) is 11.3 Å².